The van der Waals surface area contributed by atoms with Gasteiger partial charge in [0.2, 0.25) is 21.9 Å². The van der Waals surface area contributed by atoms with E-state index in [9.17, 15) is 18.0 Å². The van der Waals surface area contributed by atoms with E-state index in [1.807, 2.05) is 18.2 Å². The highest BCUT2D eigenvalue weighted by Gasteiger charge is 2.35. The normalized spacial score (nSPS) is 11.5. The molecule has 0 radical (unpaired) electrons. The van der Waals surface area contributed by atoms with Crippen molar-refractivity contribution in [1.29, 1.82) is 0 Å². The van der Waals surface area contributed by atoms with Gasteiger partial charge in [0.05, 0.1) is 5.75 Å². The van der Waals surface area contributed by atoms with E-state index in [-0.39, 0.29) is 27.4 Å². The van der Waals surface area contributed by atoms with Gasteiger partial charge in [-0.3, -0.25) is 10.1 Å². The lowest BCUT2D eigenvalue weighted by molar-refractivity contribution is -0.138. The predicted molar refractivity (Wildman–Crippen MR) is 84.0 cm³/mol. The van der Waals surface area contributed by atoms with Crippen LogP contribution in [0.3, 0.4) is 0 Å². The van der Waals surface area contributed by atoms with Crippen molar-refractivity contribution >= 4 is 34.1 Å². The number of anilines is 1. The summed E-state index contributed by atoms with van der Waals surface area (Å²) in [6.45, 7) is 0. The smallest absolute Gasteiger partial charge is 0.411 e. The minimum absolute atomic E-state index is 0.128. The fraction of sp³-hybridized carbons (Fsp3) is 0.154. The third kappa shape index (κ3) is 4.54. The number of halogens is 3. The average molecular weight is 387 g/mol. The number of alkyl halides is 3. The number of nitrogens with one attached hydrogen (secondary N) is 1. The molecule has 3 rings (SSSR count). The van der Waals surface area contributed by atoms with Crippen LogP contribution in [-0.4, -0.2) is 32.1 Å². The van der Waals surface area contributed by atoms with Crippen LogP contribution in [0.1, 0.15) is 5.01 Å². The molecule has 0 atom stereocenters. The highest BCUT2D eigenvalue weighted by Crippen LogP contribution is 2.33. The Morgan fingerprint density at radius 3 is 2.60 bits per heavy atom. The van der Waals surface area contributed by atoms with Crippen molar-refractivity contribution in [1.82, 2.24) is 20.4 Å². The van der Waals surface area contributed by atoms with Crippen LogP contribution in [0.15, 0.2) is 40.0 Å². The first-order valence-corrected chi connectivity index (χ1v) is 8.44. The summed E-state index contributed by atoms with van der Waals surface area (Å²) >= 11 is 1.21. The molecule has 2 heterocycles. The number of hydrogen-bond donors (Lipinski definition) is 1. The number of thioether (sulfide) groups is 1. The van der Waals surface area contributed by atoms with Crippen molar-refractivity contribution in [3.05, 3.63) is 35.3 Å². The number of rotatable bonds is 5. The summed E-state index contributed by atoms with van der Waals surface area (Å²) < 4.78 is 42.6. The number of carbonyl (C=O) groups is 1. The minimum atomic E-state index is -4.59. The summed E-state index contributed by atoms with van der Waals surface area (Å²) in [5.41, 5.74) is 0.736. The van der Waals surface area contributed by atoms with Gasteiger partial charge in [-0.15, -0.1) is 20.4 Å². The predicted octanol–water partition coefficient (Wildman–Crippen LogP) is 3.34. The van der Waals surface area contributed by atoms with Gasteiger partial charge in [-0.05, 0) is 12.1 Å². The van der Waals surface area contributed by atoms with Crippen LogP contribution in [0.2, 0.25) is 0 Å². The molecule has 12 heteroatoms. The molecule has 1 amide bonds. The quantitative estimate of drug-likeness (QED) is 0.671. The largest absolute Gasteiger partial charge is 0.445 e. The Morgan fingerprint density at radius 1 is 1.16 bits per heavy atom. The molecular formula is C13H8F3N5O2S2. The van der Waals surface area contributed by atoms with Gasteiger partial charge in [-0.1, -0.05) is 41.3 Å². The molecule has 0 aliphatic rings. The second kappa shape index (κ2) is 7.19. The lowest BCUT2D eigenvalue weighted by Gasteiger charge is -1.99. The van der Waals surface area contributed by atoms with E-state index in [2.05, 4.69) is 25.7 Å². The summed E-state index contributed by atoms with van der Waals surface area (Å²) in [7, 11) is 0. The van der Waals surface area contributed by atoms with E-state index in [0.29, 0.717) is 5.89 Å². The topological polar surface area (TPSA) is 93.8 Å². The fourth-order valence-corrected chi connectivity index (χ4v) is 2.83. The lowest BCUT2D eigenvalue weighted by atomic mass is 10.2. The van der Waals surface area contributed by atoms with Crippen LogP contribution in [0.5, 0.6) is 0 Å². The van der Waals surface area contributed by atoms with Crippen LogP contribution >= 0.6 is 23.1 Å². The number of nitrogens with zero attached hydrogens (tertiary/aromatic N) is 4. The summed E-state index contributed by atoms with van der Waals surface area (Å²) in [4.78, 5) is 11.8. The summed E-state index contributed by atoms with van der Waals surface area (Å²) in [6, 6.07) is 9.07. The van der Waals surface area contributed by atoms with Crippen molar-refractivity contribution in [2.45, 2.75) is 11.4 Å². The highest BCUT2D eigenvalue weighted by atomic mass is 32.2. The van der Waals surface area contributed by atoms with E-state index in [1.165, 1.54) is 0 Å². The van der Waals surface area contributed by atoms with Crippen molar-refractivity contribution < 1.29 is 22.4 Å². The van der Waals surface area contributed by atoms with Gasteiger partial charge in [0.15, 0.2) is 0 Å². The first-order valence-electron chi connectivity index (χ1n) is 6.64. The molecule has 7 nitrogen and oxygen atoms in total. The molecule has 1 N–H and O–H groups in total. The van der Waals surface area contributed by atoms with E-state index in [0.717, 1.165) is 17.3 Å². The molecule has 3 aromatic rings. The van der Waals surface area contributed by atoms with E-state index < -0.39 is 17.1 Å². The molecule has 0 aliphatic carbocycles. The zero-order valence-corrected chi connectivity index (χ0v) is 13.8. The van der Waals surface area contributed by atoms with Crippen molar-refractivity contribution in [2.75, 3.05) is 11.1 Å². The maximum atomic E-state index is 12.4. The molecule has 0 unspecified atom stereocenters. The molecule has 0 bridgehead atoms. The molecule has 0 spiro atoms. The summed E-state index contributed by atoms with van der Waals surface area (Å²) in [5, 5.41) is 15.0. The average Bonchev–Trinajstić information content (AvgIpc) is 3.23. The first-order chi connectivity index (χ1) is 11.9. The zero-order chi connectivity index (χ0) is 17.9. The highest BCUT2D eigenvalue weighted by molar-refractivity contribution is 7.99. The third-order valence-electron chi connectivity index (χ3n) is 2.67. The summed E-state index contributed by atoms with van der Waals surface area (Å²) in [5.74, 6) is -0.381. The molecule has 0 saturated heterocycles. The van der Waals surface area contributed by atoms with Crippen LogP contribution in [0.25, 0.3) is 11.5 Å². The Hall–Kier alpha value is -2.47. The zero-order valence-electron chi connectivity index (χ0n) is 12.1. The number of hydrogen-bond acceptors (Lipinski definition) is 8. The van der Waals surface area contributed by atoms with Gasteiger partial charge >= 0.3 is 6.18 Å². The van der Waals surface area contributed by atoms with Crippen LogP contribution < -0.4 is 5.32 Å². The molecule has 1 aromatic carbocycles. The van der Waals surface area contributed by atoms with Gasteiger partial charge in [0.1, 0.15) is 0 Å². The first kappa shape index (κ1) is 17.4. The molecule has 0 aliphatic heterocycles. The van der Waals surface area contributed by atoms with Gasteiger partial charge in [0, 0.05) is 5.56 Å². The molecule has 2 aromatic heterocycles. The molecular weight excluding hydrogens is 379 g/mol. The standard InChI is InChI=1S/C13H8F3N5O2S2/c14-13(15,16)10-19-20-11(25-10)17-8(22)6-24-12-21-18-9(23-12)7-4-2-1-3-5-7/h1-5H,6H2,(H,17,20,22). The third-order valence-corrected chi connectivity index (χ3v) is 4.37. The summed E-state index contributed by atoms with van der Waals surface area (Å²) in [6.07, 6.45) is -4.59. The molecule has 25 heavy (non-hydrogen) atoms. The van der Waals surface area contributed by atoms with Gasteiger partial charge in [-0.2, -0.15) is 13.2 Å². The van der Waals surface area contributed by atoms with Crippen molar-refractivity contribution in [2.24, 2.45) is 0 Å². The van der Waals surface area contributed by atoms with Gasteiger partial charge < -0.3 is 4.42 Å². The Labute approximate surface area is 146 Å². The van der Waals surface area contributed by atoms with Crippen LogP contribution in [0.4, 0.5) is 18.3 Å². The Bertz CT molecular complexity index is 866. The van der Waals surface area contributed by atoms with Crippen molar-refractivity contribution in [3.63, 3.8) is 0 Å². The van der Waals surface area contributed by atoms with Gasteiger partial charge in [0.25, 0.3) is 5.22 Å². The Morgan fingerprint density at radius 2 is 1.92 bits per heavy atom. The van der Waals surface area contributed by atoms with E-state index in [1.54, 1.807) is 12.1 Å². The molecule has 0 fully saturated rings. The molecule has 130 valence electrons. The second-order valence-electron chi connectivity index (χ2n) is 4.49. The fourth-order valence-electron chi connectivity index (χ4n) is 1.64. The van der Waals surface area contributed by atoms with Crippen molar-refractivity contribution in [3.8, 4) is 11.5 Å². The van der Waals surface area contributed by atoms with E-state index in [4.69, 9.17) is 4.42 Å². The molecule has 0 saturated carbocycles. The van der Waals surface area contributed by atoms with Gasteiger partial charge in [-0.25, -0.2) is 0 Å². The monoisotopic (exact) mass is 387 g/mol. The maximum absolute atomic E-state index is 12.4. The van der Waals surface area contributed by atoms with E-state index >= 15 is 0 Å². The SMILES string of the molecule is O=C(CSc1nnc(-c2ccccc2)o1)Nc1nnc(C(F)(F)F)s1. The van der Waals surface area contributed by atoms with Crippen LogP contribution in [-0.2, 0) is 11.0 Å². The maximum Gasteiger partial charge on any atom is 0.445 e. The van der Waals surface area contributed by atoms with Crippen LogP contribution in [0, 0.1) is 0 Å². The number of carbonyl (C=O) groups excluding carboxylic acids is 1. The lowest BCUT2D eigenvalue weighted by Crippen LogP contribution is -2.13. The number of aromatic nitrogens is 4. The second-order valence-corrected chi connectivity index (χ2v) is 6.39. The Balaban J connectivity index is 1.54. The number of benzene rings is 1. The Kier molecular flexibility index (Phi) is 4.99. The minimum Gasteiger partial charge on any atom is -0.411 e. The number of amides is 1.